The summed E-state index contributed by atoms with van der Waals surface area (Å²) in [7, 11) is 6.07. The van der Waals surface area contributed by atoms with Crippen molar-refractivity contribution in [3.63, 3.8) is 0 Å². The SMILES string of the molecule is CCc1nc(NC)c(C)c(NCC(C)(C)N(C)C)n1. The zero-order valence-electron chi connectivity index (χ0n) is 13.3. The van der Waals surface area contributed by atoms with Gasteiger partial charge in [0, 0.05) is 31.1 Å². The smallest absolute Gasteiger partial charge is 0.134 e. The van der Waals surface area contributed by atoms with E-state index in [-0.39, 0.29) is 5.54 Å². The van der Waals surface area contributed by atoms with Crippen molar-refractivity contribution in [2.24, 2.45) is 0 Å². The normalized spacial score (nSPS) is 11.8. The molecule has 1 aromatic rings. The summed E-state index contributed by atoms with van der Waals surface area (Å²) in [5.74, 6) is 2.68. The highest BCUT2D eigenvalue weighted by Gasteiger charge is 2.21. The van der Waals surface area contributed by atoms with Crippen molar-refractivity contribution in [2.75, 3.05) is 38.3 Å². The van der Waals surface area contributed by atoms with E-state index in [9.17, 15) is 0 Å². The molecule has 1 aromatic heterocycles. The van der Waals surface area contributed by atoms with Gasteiger partial charge in [-0.05, 0) is 34.9 Å². The van der Waals surface area contributed by atoms with Gasteiger partial charge in [-0.3, -0.25) is 0 Å². The lowest BCUT2D eigenvalue weighted by Gasteiger charge is -2.33. The van der Waals surface area contributed by atoms with Crippen LogP contribution in [-0.2, 0) is 6.42 Å². The van der Waals surface area contributed by atoms with Crippen LogP contribution in [0.15, 0.2) is 0 Å². The number of likely N-dealkylation sites (N-methyl/N-ethyl adjacent to an activating group) is 1. The fourth-order valence-electron chi connectivity index (χ4n) is 1.59. The van der Waals surface area contributed by atoms with Crippen LogP contribution >= 0.6 is 0 Å². The molecule has 2 N–H and O–H groups in total. The third-order valence-electron chi connectivity index (χ3n) is 3.64. The predicted octanol–water partition coefficient (Wildman–Crippen LogP) is 2.14. The highest BCUT2D eigenvalue weighted by Crippen LogP contribution is 2.21. The van der Waals surface area contributed by atoms with Crippen LogP contribution in [0, 0.1) is 6.92 Å². The van der Waals surface area contributed by atoms with Crippen molar-refractivity contribution in [2.45, 2.75) is 39.7 Å². The van der Waals surface area contributed by atoms with E-state index in [1.54, 1.807) is 0 Å². The highest BCUT2D eigenvalue weighted by molar-refractivity contribution is 5.57. The molecule has 5 nitrogen and oxygen atoms in total. The van der Waals surface area contributed by atoms with Crippen LogP contribution in [-0.4, -0.2) is 48.1 Å². The van der Waals surface area contributed by atoms with Gasteiger partial charge in [-0.15, -0.1) is 0 Å². The summed E-state index contributed by atoms with van der Waals surface area (Å²) in [5.41, 5.74) is 1.14. The van der Waals surface area contributed by atoms with Crippen molar-refractivity contribution in [3.05, 3.63) is 11.4 Å². The topological polar surface area (TPSA) is 53.1 Å². The van der Waals surface area contributed by atoms with E-state index in [1.165, 1.54) is 0 Å². The molecule has 0 radical (unpaired) electrons. The molecule has 0 aromatic carbocycles. The molecule has 0 bridgehead atoms. The fraction of sp³-hybridized carbons (Fsp3) is 0.714. The summed E-state index contributed by atoms with van der Waals surface area (Å²) in [6.45, 7) is 9.35. The van der Waals surface area contributed by atoms with Crippen molar-refractivity contribution in [1.82, 2.24) is 14.9 Å². The van der Waals surface area contributed by atoms with Gasteiger partial charge in [0.05, 0.1) is 0 Å². The zero-order chi connectivity index (χ0) is 14.6. The molecule has 5 heteroatoms. The molecule has 0 aliphatic heterocycles. The van der Waals surface area contributed by atoms with Crippen LogP contribution < -0.4 is 10.6 Å². The molecule has 0 aliphatic rings. The fourth-order valence-corrected chi connectivity index (χ4v) is 1.59. The average molecular weight is 265 g/mol. The van der Waals surface area contributed by atoms with E-state index in [0.717, 1.165) is 36.0 Å². The molecule has 0 fully saturated rings. The van der Waals surface area contributed by atoms with E-state index in [2.05, 4.69) is 60.4 Å². The Balaban J connectivity index is 2.94. The van der Waals surface area contributed by atoms with Gasteiger partial charge in [0.2, 0.25) is 0 Å². The number of aromatic nitrogens is 2. The van der Waals surface area contributed by atoms with E-state index < -0.39 is 0 Å². The minimum absolute atomic E-state index is 0.0730. The van der Waals surface area contributed by atoms with Crippen LogP contribution in [0.25, 0.3) is 0 Å². The van der Waals surface area contributed by atoms with Crippen molar-refractivity contribution in [1.29, 1.82) is 0 Å². The summed E-state index contributed by atoms with van der Waals surface area (Å²) in [6, 6.07) is 0. The van der Waals surface area contributed by atoms with Gasteiger partial charge in [0.25, 0.3) is 0 Å². The minimum atomic E-state index is 0.0730. The number of aryl methyl sites for hydroxylation is 1. The van der Waals surface area contributed by atoms with Crippen LogP contribution in [0.3, 0.4) is 0 Å². The first-order valence-corrected chi connectivity index (χ1v) is 6.78. The zero-order valence-corrected chi connectivity index (χ0v) is 13.3. The summed E-state index contributed by atoms with van der Waals surface area (Å²) in [6.07, 6.45) is 0.834. The van der Waals surface area contributed by atoms with Crippen molar-refractivity contribution < 1.29 is 0 Å². The molecule has 0 saturated heterocycles. The van der Waals surface area contributed by atoms with Crippen LogP contribution in [0.5, 0.6) is 0 Å². The lowest BCUT2D eigenvalue weighted by molar-refractivity contribution is 0.210. The Labute approximate surface area is 116 Å². The van der Waals surface area contributed by atoms with Gasteiger partial charge < -0.3 is 15.5 Å². The second-order valence-electron chi connectivity index (χ2n) is 5.63. The van der Waals surface area contributed by atoms with E-state index in [1.807, 2.05) is 14.0 Å². The molecule has 1 heterocycles. The standard InChI is InChI=1S/C14H27N5/c1-8-11-17-12(15-5)10(2)13(18-11)16-9-14(3,4)19(6)7/h8-9H2,1-7H3,(H2,15,16,17,18). The largest absolute Gasteiger partial charge is 0.373 e. The molecule has 0 spiro atoms. The molecule has 0 atom stereocenters. The maximum atomic E-state index is 4.58. The summed E-state index contributed by atoms with van der Waals surface area (Å²) >= 11 is 0. The first-order chi connectivity index (χ1) is 8.81. The van der Waals surface area contributed by atoms with E-state index in [0.29, 0.717) is 0 Å². The van der Waals surface area contributed by atoms with Crippen LogP contribution in [0.1, 0.15) is 32.2 Å². The van der Waals surface area contributed by atoms with Crippen LogP contribution in [0.2, 0.25) is 0 Å². The monoisotopic (exact) mass is 265 g/mol. The summed E-state index contributed by atoms with van der Waals surface area (Å²) in [4.78, 5) is 11.3. The van der Waals surface area contributed by atoms with E-state index in [4.69, 9.17) is 0 Å². The lowest BCUT2D eigenvalue weighted by Crippen LogP contribution is -2.44. The molecule has 0 unspecified atom stereocenters. The Bertz CT molecular complexity index is 426. The highest BCUT2D eigenvalue weighted by atomic mass is 15.2. The predicted molar refractivity (Wildman–Crippen MR) is 81.9 cm³/mol. The first kappa shape index (κ1) is 15.7. The molecule has 0 amide bonds. The number of hydrogen-bond acceptors (Lipinski definition) is 5. The van der Waals surface area contributed by atoms with E-state index >= 15 is 0 Å². The Hall–Kier alpha value is -1.36. The summed E-state index contributed by atoms with van der Waals surface area (Å²) < 4.78 is 0. The third-order valence-corrected chi connectivity index (χ3v) is 3.64. The Morgan fingerprint density at radius 3 is 2.21 bits per heavy atom. The molecular formula is C14H27N5. The number of hydrogen-bond donors (Lipinski definition) is 2. The minimum Gasteiger partial charge on any atom is -0.373 e. The molecule has 19 heavy (non-hydrogen) atoms. The van der Waals surface area contributed by atoms with Crippen molar-refractivity contribution >= 4 is 11.6 Å². The van der Waals surface area contributed by atoms with Gasteiger partial charge in [-0.25, -0.2) is 9.97 Å². The Morgan fingerprint density at radius 2 is 1.74 bits per heavy atom. The average Bonchev–Trinajstić information content (AvgIpc) is 2.37. The van der Waals surface area contributed by atoms with Crippen LogP contribution in [0.4, 0.5) is 11.6 Å². The quantitative estimate of drug-likeness (QED) is 0.825. The van der Waals surface area contributed by atoms with Gasteiger partial charge in [0.1, 0.15) is 17.5 Å². The maximum absolute atomic E-state index is 4.58. The van der Waals surface area contributed by atoms with Gasteiger partial charge >= 0.3 is 0 Å². The third kappa shape index (κ3) is 3.80. The van der Waals surface area contributed by atoms with Gasteiger partial charge in [-0.2, -0.15) is 0 Å². The Morgan fingerprint density at radius 1 is 1.16 bits per heavy atom. The molecule has 1 rings (SSSR count). The van der Waals surface area contributed by atoms with Gasteiger partial charge in [0.15, 0.2) is 0 Å². The molecule has 108 valence electrons. The molecule has 0 aliphatic carbocycles. The molecular weight excluding hydrogens is 238 g/mol. The molecule has 0 saturated carbocycles. The first-order valence-electron chi connectivity index (χ1n) is 6.78. The second-order valence-corrected chi connectivity index (χ2v) is 5.63. The van der Waals surface area contributed by atoms with Crippen molar-refractivity contribution in [3.8, 4) is 0 Å². The van der Waals surface area contributed by atoms with Gasteiger partial charge in [-0.1, -0.05) is 6.92 Å². The summed E-state index contributed by atoms with van der Waals surface area (Å²) in [5, 5.41) is 6.58. The number of rotatable bonds is 6. The number of nitrogens with zero attached hydrogens (tertiary/aromatic N) is 3. The Kier molecular flexibility index (Phi) is 5.11. The second kappa shape index (κ2) is 6.19. The number of nitrogens with one attached hydrogen (secondary N) is 2. The lowest BCUT2D eigenvalue weighted by atomic mass is 10.0. The number of anilines is 2. The maximum Gasteiger partial charge on any atom is 0.134 e.